The van der Waals surface area contributed by atoms with E-state index in [4.69, 9.17) is 4.74 Å². The van der Waals surface area contributed by atoms with Crippen LogP contribution in [0, 0.1) is 0 Å². The molecule has 1 N–H and O–H groups in total. The van der Waals surface area contributed by atoms with Gasteiger partial charge in [0.25, 0.3) is 0 Å². The minimum Gasteiger partial charge on any atom is -0.444 e. The van der Waals surface area contributed by atoms with Crippen molar-refractivity contribution in [3.63, 3.8) is 0 Å². The standard InChI is InChI=1S/C16H23NO3/c1-12(18)10-11-14(13-8-6-5-7-9-13)17-15(19)20-16(2,3)4/h5-9,14H,10-11H2,1-4H3,(H,17,19)/t14-/m1/s1. The quantitative estimate of drug-likeness (QED) is 0.894. The zero-order chi connectivity index (χ0) is 15.2. The first kappa shape index (κ1) is 16.2. The number of ketones is 1. The molecule has 4 nitrogen and oxygen atoms in total. The number of nitrogens with one attached hydrogen (secondary N) is 1. The highest BCUT2D eigenvalue weighted by Gasteiger charge is 2.20. The molecule has 0 fully saturated rings. The maximum Gasteiger partial charge on any atom is 0.408 e. The lowest BCUT2D eigenvalue weighted by atomic mass is 10.0. The topological polar surface area (TPSA) is 55.4 Å². The van der Waals surface area contributed by atoms with E-state index in [9.17, 15) is 9.59 Å². The van der Waals surface area contributed by atoms with Gasteiger partial charge in [-0.25, -0.2) is 4.79 Å². The summed E-state index contributed by atoms with van der Waals surface area (Å²) < 4.78 is 5.26. The van der Waals surface area contributed by atoms with E-state index in [0.717, 1.165) is 5.56 Å². The number of rotatable bonds is 5. The highest BCUT2D eigenvalue weighted by molar-refractivity contribution is 5.75. The summed E-state index contributed by atoms with van der Waals surface area (Å²) in [6.45, 7) is 7.01. The summed E-state index contributed by atoms with van der Waals surface area (Å²) in [5, 5.41) is 2.83. The molecule has 1 aromatic rings. The van der Waals surface area contributed by atoms with E-state index >= 15 is 0 Å². The number of hydrogen-bond donors (Lipinski definition) is 1. The lowest BCUT2D eigenvalue weighted by Gasteiger charge is -2.23. The van der Waals surface area contributed by atoms with Crippen molar-refractivity contribution in [3.8, 4) is 0 Å². The predicted molar refractivity (Wildman–Crippen MR) is 78.5 cm³/mol. The molecule has 0 aliphatic carbocycles. The summed E-state index contributed by atoms with van der Waals surface area (Å²) in [6, 6.07) is 9.39. The lowest BCUT2D eigenvalue weighted by Crippen LogP contribution is -2.35. The SMILES string of the molecule is CC(=O)CC[C@@H](NC(=O)OC(C)(C)C)c1ccccc1. The second-order valence-corrected chi connectivity index (χ2v) is 5.85. The third-order valence-corrected chi connectivity index (χ3v) is 2.68. The number of benzene rings is 1. The average molecular weight is 277 g/mol. The molecule has 1 amide bonds. The maximum atomic E-state index is 11.9. The second-order valence-electron chi connectivity index (χ2n) is 5.85. The van der Waals surface area contributed by atoms with Crippen molar-refractivity contribution in [2.45, 2.75) is 52.2 Å². The lowest BCUT2D eigenvalue weighted by molar-refractivity contribution is -0.117. The van der Waals surface area contributed by atoms with Crippen LogP contribution in [-0.4, -0.2) is 17.5 Å². The fraction of sp³-hybridized carbons (Fsp3) is 0.500. The molecule has 110 valence electrons. The highest BCUT2D eigenvalue weighted by atomic mass is 16.6. The van der Waals surface area contributed by atoms with Gasteiger partial charge in [-0.15, -0.1) is 0 Å². The highest BCUT2D eigenvalue weighted by Crippen LogP contribution is 2.19. The Morgan fingerprint density at radius 1 is 1.20 bits per heavy atom. The summed E-state index contributed by atoms with van der Waals surface area (Å²) in [6.07, 6.45) is 0.531. The minimum atomic E-state index is -0.536. The van der Waals surface area contributed by atoms with E-state index in [1.165, 1.54) is 0 Å². The number of alkyl carbamates (subject to hydrolysis) is 1. The van der Waals surface area contributed by atoms with Crippen molar-refractivity contribution >= 4 is 11.9 Å². The average Bonchev–Trinajstić information content (AvgIpc) is 2.33. The van der Waals surface area contributed by atoms with E-state index in [0.29, 0.717) is 12.8 Å². The van der Waals surface area contributed by atoms with Crippen molar-refractivity contribution < 1.29 is 14.3 Å². The number of carbonyl (C=O) groups is 2. The molecule has 0 aromatic heterocycles. The molecule has 4 heteroatoms. The van der Waals surface area contributed by atoms with Gasteiger partial charge in [0.2, 0.25) is 0 Å². The predicted octanol–water partition coefficient (Wildman–Crippen LogP) is 3.62. The van der Waals surface area contributed by atoms with E-state index in [-0.39, 0.29) is 11.8 Å². The third-order valence-electron chi connectivity index (χ3n) is 2.68. The molecule has 0 unspecified atom stereocenters. The molecule has 0 aliphatic heterocycles. The monoisotopic (exact) mass is 277 g/mol. The van der Waals surface area contributed by atoms with Gasteiger partial charge in [0, 0.05) is 6.42 Å². The molecule has 0 saturated heterocycles. The fourth-order valence-corrected chi connectivity index (χ4v) is 1.80. The van der Waals surface area contributed by atoms with Crippen molar-refractivity contribution in [3.05, 3.63) is 35.9 Å². The number of hydrogen-bond acceptors (Lipinski definition) is 3. The van der Waals surface area contributed by atoms with Gasteiger partial charge >= 0.3 is 6.09 Å². The first-order valence-corrected chi connectivity index (χ1v) is 6.82. The first-order valence-electron chi connectivity index (χ1n) is 6.82. The van der Waals surface area contributed by atoms with Crippen molar-refractivity contribution in [2.75, 3.05) is 0 Å². The molecule has 0 bridgehead atoms. The van der Waals surface area contributed by atoms with Gasteiger partial charge in [-0.3, -0.25) is 0 Å². The Morgan fingerprint density at radius 3 is 2.30 bits per heavy atom. The van der Waals surface area contributed by atoms with Crippen LogP contribution in [0.1, 0.15) is 52.1 Å². The normalized spacial score (nSPS) is 12.6. The zero-order valence-electron chi connectivity index (χ0n) is 12.6. The number of Topliss-reactive ketones (excluding diaryl/α,β-unsaturated/α-hetero) is 1. The van der Waals surface area contributed by atoms with Gasteiger partial charge in [0.05, 0.1) is 6.04 Å². The van der Waals surface area contributed by atoms with Crippen LogP contribution in [-0.2, 0) is 9.53 Å². The van der Waals surface area contributed by atoms with Gasteiger partial charge in [-0.1, -0.05) is 30.3 Å². The van der Waals surface area contributed by atoms with Crippen molar-refractivity contribution in [1.29, 1.82) is 0 Å². The Morgan fingerprint density at radius 2 is 1.80 bits per heavy atom. The summed E-state index contributed by atoms with van der Waals surface area (Å²) in [5.74, 6) is 0.108. The molecular formula is C16H23NO3. The van der Waals surface area contributed by atoms with E-state index in [1.54, 1.807) is 6.92 Å². The third kappa shape index (κ3) is 6.36. The van der Waals surface area contributed by atoms with Gasteiger partial charge < -0.3 is 14.8 Å². The fourth-order valence-electron chi connectivity index (χ4n) is 1.80. The van der Waals surface area contributed by atoms with Crippen LogP contribution in [0.4, 0.5) is 4.79 Å². The van der Waals surface area contributed by atoms with Crippen molar-refractivity contribution in [2.24, 2.45) is 0 Å². The molecule has 1 atom stereocenters. The smallest absolute Gasteiger partial charge is 0.408 e. The van der Waals surface area contributed by atoms with Crippen LogP contribution in [0.15, 0.2) is 30.3 Å². The molecule has 1 aromatic carbocycles. The zero-order valence-corrected chi connectivity index (χ0v) is 12.6. The largest absolute Gasteiger partial charge is 0.444 e. The summed E-state index contributed by atoms with van der Waals surface area (Å²) in [5.41, 5.74) is 0.436. The van der Waals surface area contributed by atoms with Gasteiger partial charge in [-0.05, 0) is 39.7 Å². The molecule has 0 saturated carbocycles. The molecule has 0 heterocycles. The first-order chi connectivity index (χ1) is 9.28. The Balaban J connectivity index is 2.73. The molecule has 0 spiro atoms. The molecule has 1 rings (SSSR count). The van der Waals surface area contributed by atoms with Crippen LogP contribution >= 0.6 is 0 Å². The Bertz CT molecular complexity index is 449. The van der Waals surface area contributed by atoms with E-state index in [1.807, 2.05) is 51.1 Å². The summed E-state index contributed by atoms with van der Waals surface area (Å²) >= 11 is 0. The van der Waals surface area contributed by atoms with E-state index < -0.39 is 11.7 Å². The van der Waals surface area contributed by atoms with E-state index in [2.05, 4.69) is 5.32 Å². The number of carbonyl (C=O) groups excluding carboxylic acids is 2. The van der Waals surface area contributed by atoms with Crippen LogP contribution in [0.3, 0.4) is 0 Å². The Hall–Kier alpha value is -1.84. The van der Waals surface area contributed by atoms with Gasteiger partial charge in [-0.2, -0.15) is 0 Å². The summed E-state index contributed by atoms with van der Waals surface area (Å²) in [4.78, 5) is 23.0. The maximum absolute atomic E-state index is 11.9. The Labute approximate surface area is 120 Å². The van der Waals surface area contributed by atoms with Gasteiger partial charge in [0.15, 0.2) is 0 Å². The Kier molecular flexibility index (Phi) is 5.74. The molecule has 0 radical (unpaired) electrons. The molecule has 0 aliphatic rings. The molecular weight excluding hydrogens is 254 g/mol. The van der Waals surface area contributed by atoms with Crippen molar-refractivity contribution in [1.82, 2.24) is 5.32 Å². The summed E-state index contributed by atoms with van der Waals surface area (Å²) in [7, 11) is 0. The number of amides is 1. The van der Waals surface area contributed by atoms with Crippen LogP contribution in [0.25, 0.3) is 0 Å². The minimum absolute atomic E-state index is 0.108. The van der Waals surface area contributed by atoms with Crippen LogP contribution < -0.4 is 5.32 Å². The van der Waals surface area contributed by atoms with Crippen LogP contribution in [0.2, 0.25) is 0 Å². The van der Waals surface area contributed by atoms with Crippen LogP contribution in [0.5, 0.6) is 0 Å². The number of ether oxygens (including phenoxy) is 1. The van der Waals surface area contributed by atoms with Gasteiger partial charge in [0.1, 0.15) is 11.4 Å². The molecule has 20 heavy (non-hydrogen) atoms. The second kappa shape index (κ2) is 7.08.